The van der Waals surface area contributed by atoms with E-state index in [2.05, 4.69) is 15.2 Å². The summed E-state index contributed by atoms with van der Waals surface area (Å²) in [7, 11) is 0. The van der Waals surface area contributed by atoms with Crippen molar-refractivity contribution in [2.24, 2.45) is 0 Å². The largest absolute Gasteiger partial charge is 0.263 e. The van der Waals surface area contributed by atoms with Crippen molar-refractivity contribution < 1.29 is 0 Å². The van der Waals surface area contributed by atoms with E-state index in [1.807, 2.05) is 6.92 Å². The van der Waals surface area contributed by atoms with Crippen LogP contribution in [-0.2, 0) is 0 Å². The fourth-order valence-corrected chi connectivity index (χ4v) is 0.902. The smallest absolute Gasteiger partial charge is 0.147 e. The first-order chi connectivity index (χ1) is 4.36. The molecule has 1 fully saturated rings. The van der Waals surface area contributed by atoms with Crippen LogP contribution < -0.4 is 0 Å². The van der Waals surface area contributed by atoms with E-state index in [-0.39, 0.29) is 0 Å². The molecule has 1 aromatic rings. The second-order valence-electron chi connectivity index (χ2n) is 2.54. The Bertz CT molecular complexity index is 212. The number of aromatic nitrogens is 3. The van der Waals surface area contributed by atoms with Gasteiger partial charge in [0.1, 0.15) is 11.6 Å². The van der Waals surface area contributed by atoms with E-state index in [0.29, 0.717) is 5.92 Å². The van der Waals surface area contributed by atoms with Gasteiger partial charge >= 0.3 is 0 Å². The quantitative estimate of drug-likeness (QED) is 0.605. The molecule has 1 aromatic heterocycles. The van der Waals surface area contributed by atoms with E-state index < -0.39 is 0 Å². The monoisotopic (exact) mass is 123 g/mol. The molecule has 1 saturated carbocycles. The van der Waals surface area contributed by atoms with Crippen LogP contribution in [0.1, 0.15) is 30.4 Å². The summed E-state index contributed by atoms with van der Waals surface area (Å²) >= 11 is 0. The normalized spacial score (nSPS) is 18.3. The van der Waals surface area contributed by atoms with Crippen LogP contribution in [0.3, 0.4) is 0 Å². The molecular formula is C6H9N3. The lowest BCUT2D eigenvalue weighted by Gasteiger charge is -1.81. The third-order valence-electron chi connectivity index (χ3n) is 1.58. The number of rotatable bonds is 1. The SMILES string of the molecule is Cc1n[nH]c(C2CC2)n1. The Morgan fingerprint density at radius 3 is 2.78 bits per heavy atom. The molecule has 0 unspecified atom stereocenters. The van der Waals surface area contributed by atoms with Gasteiger partial charge in [0.25, 0.3) is 0 Å². The Hall–Kier alpha value is -0.860. The van der Waals surface area contributed by atoms with Gasteiger partial charge in [-0.3, -0.25) is 5.10 Å². The molecule has 1 aliphatic rings. The van der Waals surface area contributed by atoms with Gasteiger partial charge in [0, 0.05) is 5.92 Å². The minimum atomic E-state index is 0.700. The molecule has 2 rings (SSSR count). The van der Waals surface area contributed by atoms with Crippen LogP contribution in [0.15, 0.2) is 0 Å². The summed E-state index contributed by atoms with van der Waals surface area (Å²) in [5.74, 6) is 2.63. The highest BCUT2D eigenvalue weighted by molar-refractivity contribution is 5.03. The van der Waals surface area contributed by atoms with E-state index in [9.17, 15) is 0 Å². The number of aromatic amines is 1. The molecule has 0 amide bonds. The highest BCUT2D eigenvalue weighted by Crippen LogP contribution is 2.37. The van der Waals surface area contributed by atoms with E-state index in [0.717, 1.165) is 11.6 Å². The maximum Gasteiger partial charge on any atom is 0.147 e. The molecule has 0 saturated heterocycles. The topological polar surface area (TPSA) is 41.6 Å². The predicted octanol–water partition coefficient (Wildman–Crippen LogP) is 0.991. The molecule has 3 heteroatoms. The number of hydrogen-bond donors (Lipinski definition) is 1. The van der Waals surface area contributed by atoms with E-state index in [4.69, 9.17) is 0 Å². The van der Waals surface area contributed by atoms with Crippen molar-refractivity contribution in [2.45, 2.75) is 25.7 Å². The third kappa shape index (κ3) is 0.823. The molecule has 0 bridgehead atoms. The summed E-state index contributed by atoms with van der Waals surface area (Å²) in [6, 6.07) is 0. The van der Waals surface area contributed by atoms with Crippen LogP contribution in [0.4, 0.5) is 0 Å². The van der Waals surface area contributed by atoms with Crippen LogP contribution in [0, 0.1) is 6.92 Å². The van der Waals surface area contributed by atoms with Crippen molar-refractivity contribution in [1.29, 1.82) is 0 Å². The molecule has 9 heavy (non-hydrogen) atoms. The minimum absolute atomic E-state index is 0.700. The molecule has 48 valence electrons. The number of aryl methyl sites for hydroxylation is 1. The summed E-state index contributed by atoms with van der Waals surface area (Å²) in [6.45, 7) is 1.91. The molecule has 0 spiro atoms. The summed E-state index contributed by atoms with van der Waals surface area (Å²) in [4.78, 5) is 4.21. The Balaban J connectivity index is 2.28. The van der Waals surface area contributed by atoms with Crippen LogP contribution >= 0.6 is 0 Å². The summed E-state index contributed by atoms with van der Waals surface area (Å²) in [5, 5.41) is 6.85. The van der Waals surface area contributed by atoms with Gasteiger partial charge in [0.15, 0.2) is 0 Å². The number of nitrogens with one attached hydrogen (secondary N) is 1. The molecule has 1 aliphatic carbocycles. The molecule has 1 heterocycles. The standard InChI is InChI=1S/C6H9N3/c1-4-7-6(9-8-4)5-2-3-5/h5H,2-3H2,1H3,(H,7,8,9). The van der Waals surface area contributed by atoms with Crippen LogP contribution in [0.25, 0.3) is 0 Å². The summed E-state index contributed by atoms with van der Waals surface area (Å²) in [6.07, 6.45) is 2.57. The van der Waals surface area contributed by atoms with Crippen molar-refractivity contribution in [3.8, 4) is 0 Å². The summed E-state index contributed by atoms with van der Waals surface area (Å²) in [5.41, 5.74) is 0. The zero-order valence-corrected chi connectivity index (χ0v) is 5.39. The lowest BCUT2D eigenvalue weighted by molar-refractivity contribution is 0.934. The maximum absolute atomic E-state index is 4.21. The van der Waals surface area contributed by atoms with Crippen molar-refractivity contribution in [3.63, 3.8) is 0 Å². The Labute approximate surface area is 53.5 Å². The van der Waals surface area contributed by atoms with Crippen LogP contribution in [0.2, 0.25) is 0 Å². The zero-order valence-electron chi connectivity index (χ0n) is 5.39. The van der Waals surface area contributed by atoms with Crippen LogP contribution in [0.5, 0.6) is 0 Å². The van der Waals surface area contributed by atoms with Gasteiger partial charge in [-0.2, -0.15) is 5.10 Å². The van der Waals surface area contributed by atoms with Gasteiger partial charge in [-0.25, -0.2) is 4.98 Å². The van der Waals surface area contributed by atoms with E-state index in [1.165, 1.54) is 12.8 Å². The highest BCUT2D eigenvalue weighted by Gasteiger charge is 2.26. The second kappa shape index (κ2) is 1.56. The van der Waals surface area contributed by atoms with Gasteiger partial charge in [-0.15, -0.1) is 0 Å². The fourth-order valence-electron chi connectivity index (χ4n) is 0.902. The number of hydrogen-bond acceptors (Lipinski definition) is 2. The number of H-pyrrole nitrogens is 1. The first-order valence-corrected chi connectivity index (χ1v) is 3.25. The summed E-state index contributed by atoms with van der Waals surface area (Å²) < 4.78 is 0. The predicted molar refractivity (Wildman–Crippen MR) is 33.1 cm³/mol. The molecule has 0 aromatic carbocycles. The Kier molecular flexibility index (Phi) is 0.860. The van der Waals surface area contributed by atoms with Crippen LogP contribution in [-0.4, -0.2) is 15.2 Å². The minimum Gasteiger partial charge on any atom is -0.263 e. The molecular weight excluding hydrogens is 114 g/mol. The van der Waals surface area contributed by atoms with Crippen molar-refractivity contribution in [1.82, 2.24) is 15.2 Å². The van der Waals surface area contributed by atoms with Gasteiger partial charge in [-0.05, 0) is 19.8 Å². The highest BCUT2D eigenvalue weighted by atomic mass is 15.2. The maximum atomic E-state index is 4.21. The first kappa shape index (κ1) is 4.97. The van der Waals surface area contributed by atoms with Gasteiger partial charge in [0.05, 0.1) is 0 Å². The molecule has 0 radical (unpaired) electrons. The first-order valence-electron chi connectivity index (χ1n) is 3.25. The van der Waals surface area contributed by atoms with E-state index in [1.54, 1.807) is 0 Å². The molecule has 0 atom stereocenters. The average Bonchev–Trinajstić information content (AvgIpc) is 2.58. The lowest BCUT2D eigenvalue weighted by atomic mass is 10.4. The Morgan fingerprint density at radius 1 is 1.56 bits per heavy atom. The average molecular weight is 123 g/mol. The van der Waals surface area contributed by atoms with Gasteiger partial charge in [0.2, 0.25) is 0 Å². The third-order valence-corrected chi connectivity index (χ3v) is 1.58. The van der Waals surface area contributed by atoms with Crippen molar-refractivity contribution in [2.75, 3.05) is 0 Å². The molecule has 1 N–H and O–H groups in total. The zero-order chi connectivity index (χ0) is 6.27. The Morgan fingerprint density at radius 2 is 2.33 bits per heavy atom. The van der Waals surface area contributed by atoms with Crippen molar-refractivity contribution >= 4 is 0 Å². The lowest BCUT2D eigenvalue weighted by Crippen LogP contribution is -1.80. The van der Waals surface area contributed by atoms with Gasteiger partial charge in [-0.1, -0.05) is 0 Å². The number of nitrogens with zero attached hydrogens (tertiary/aromatic N) is 2. The van der Waals surface area contributed by atoms with E-state index >= 15 is 0 Å². The van der Waals surface area contributed by atoms with Crippen molar-refractivity contribution in [3.05, 3.63) is 11.6 Å². The van der Waals surface area contributed by atoms with Gasteiger partial charge < -0.3 is 0 Å². The molecule has 0 aliphatic heterocycles. The fraction of sp³-hybridized carbons (Fsp3) is 0.667. The molecule has 3 nitrogen and oxygen atoms in total. The second-order valence-corrected chi connectivity index (χ2v) is 2.54.